The molecule has 0 radical (unpaired) electrons. The molecule has 126 valence electrons. The third kappa shape index (κ3) is 3.64. The van der Waals surface area contributed by atoms with Crippen molar-refractivity contribution in [2.24, 2.45) is 0 Å². The highest BCUT2D eigenvalue weighted by atomic mass is 35.5. The summed E-state index contributed by atoms with van der Waals surface area (Å²) in [5, 5.41) is 18.4. The Hall–Kier alpha value is -3.26. The Labute approximate surface area is 147 Å². The Morgan fingerprint density at radius 1 is 1.28 bits per heavy atom. The van der Waals surface area contributed by atoms with Gasteiger partial charge in [-0.1, -0.05) is 29.8 Å². The molecule has 0 saturated heterocycles. The summed E-state index contributed by atoms with van der Waals surface area (Å²) in [4.78, 5) is 26.8. The molecule has 0 atom stereocenters. The van der Waals surface area contributed by atoms with Crippen molar-refractivity contribution in [1.29, 1.82) is 0 Å². The van der Waals surface area contributed by atoms with Crippen molar-refractivity contribution in [3.8, 4) is 5.69 Å². The van der Waals surface area contributed by atoms with Crippen LogP contribution in [-0.2, 0) is 6.54 Å². The smallest absolute Gasteiger partial charge is 0.295 e. The van der Waals surface area contributed by atoms with E-state index in [1.54, 1.807) is 18.2 Å². The van der Waals surface area contributed by atoms with E-state index in [-0.39, 0.29) is 23.5 Å². The van der Waals surface area contributed by atoms with Crippen LogP contribution in [0.15, 0.2) is 55.1 Å². The Kier molecular flexibility index (Phi) is 4.71. The summed E-state index contributed by atoms with van der Waals surface area (Å²) in [6, 6.07) is 11.3. The summed E-state index contributed by atoms with van der Waals surface area (Å²) in [6.07, 6.45) is 2.62. The van der Waals surface area contributed by atoms with E-state index >= 15 is 0 Å². The highest BCUT2D eigenvalue weighted by molar-refractivity contribution is 6.31. The number of halogens is 1. The predicted octanol–water partition coefficient (Wildman–Crippen LogP) is 2.76. The number of carbonyl (C=O) groups excluding carboxylic acids is 1. The number of nitrogens with one attached hydrogen (secondary N) is 1. The van der Waals surface area contributed by atoms with Crippen LogP contribution in [0.5, 0.6) is 0 Å². The fraction of sp³-hybridized carbons (Fsp3) is 0.0625. The zero-order valence-electron chi connectivity index (χ0n) is 12.8. The number of rotatable bonds is 5. The molecule has 9 heteroatoms. The SMILES string of the molecule is O=C(NCc1ccccc1Cl)c1ccc(-n2cncn2)c([N+](=O)[O-])c1. The van der Waals surface area contributed by atoms with Crippen LogP contribution in [0.2, 0.25) is 5.02 Å². The first-order valence-electron chi connectivity index (χ1n) is 7.21. The Balaban J connectivity index is 1.82. The van der Waals surface area contributed by atoms with Crippen LogP contribution in [0, 0.1) is 10.1 Å². The van der Waals surface area contributed by atoms with Crippen molar-refractivity contribution < 1.29 is 9.72 Å². The van der Waals surface area contributed by atoms with Gasteiger partial charge in [-0.25, -0.2) is 9.67 Å². The molecule has 0 saturated carbocycles. The van der Waals surface area contributed by atoms with Gasteiger partial charge in [0.25, 0.3) is 11.6 Å². The van der Waals surface area contributed by atoms with E-state index in [1.165, 1.54) is 35.5 Å². The molecule has 1 N–H and O–H groups in total. The summed E-state index contributed by atoms with van der Waals surface area (Å²) in [6.45, 7) is 0.219. The average molecular weight is 358 g/mol. The van der Waals surface area contributed by atoms with Gasteiger partial charge in [0, 0.05) is 23.2 Å². The van der Waals surface area contributed by atoms with Gasteiger partial charge in [0.1, 0.15) is 18.3 Å². The van der Waals surface area contributed by atoms with Crippen LogP contribution in [0.4, 0.5) is 5.69 Å². The number of carbonyl (C=O) groups is 1. The van der Waals surface area contributed by atoms with E-state index in [1.807, 2.05) is 6.07 Å². The first kappa shape index (κ1) is 16.6. The lowest BCUT2D eigenvalue weighted by molar-refractivity contribution is -0.384. The van der Waals surface area contributed by atoms with Gasteiger partial charge >= 0.3 is 0 Å². The van der Waals surface area contributed by atoms with Gasteiger partial charge in [-0.15, -0.1) is 0 Å². The molecule has 1 amide bonds. The van der Waals surface area contributed by atoms with E-state index in [9.17, 15) is 14.9 Å². The Morgan fingerprint density at radius 3 is 2.76 bits per heavy atom. The summed E-state index contributed by atoms with van der Waals surface area (Å²) < 4.78 is 1.27. The second-order valence-corrected chi connectivity index (χ2v) is 5.48. The standard InChI is InChI=1S/C16H12ClN5O3/c17-13-4-2-1-3-12(13)8-19-16(23)11-5-6-14(15(7-11)22(24)25)21-10-18-9-20-21/h1-7,9-10H,8H2,(H,19,23). The zero-order chi connectivity index (χ0) is 17.8. The molecule has 25 heavy (non-hydrogen) atoms. The maximum atomic E-state index is 12.3. The fourth-order valence-corrected chi connectivity index (χ4v) is 2.46. The second-order valence-electron chi connectivity index (χ2n) is 5.07. The number of nitrogens with zero attached hydrogens (tertiary/aromatic N) is 4. The number of hydrogen-bond donors (Lipinski definition) is 1. The predicted molar refractivity (Wildman–Crippen MR) is 90.6 cm³/mol. The third-order valence-electron chi connectivity index (χ3n) is 3.50. The molecule has 1 heterocycles. The van der Waals surface area contributed by atoms with Crippen LogP contribution >= 0.6 is 11.6 Å². The molecule has 8 nitrogen and oxygen atoms in total. The van der Waals surface area contributed by atoms with E-state index in [0.29, 0.717) is 5.02 Å². The first-order chi connectivity index (χ1) is 12.1. The topological polar surface area (TPSA) is 103 Å². The van der Waals surface area contributed by atoms with Gasteiger partial charge in [-0.3, -0.25) is 14.9 Å². The van der Waals surface area contributed by atoms with Gasteiger partial charge in [-0.05, 0) is 23.8 Å². The summed E-state index contributed by atoms with van der Waals surface area (Å²) in [5.41, 5.74) is 0.912. The van der Waals surface area contributed by atoms with Gasteiger partial charge < -0.3 is 5.32 Å². The highest BCUT2D eigenvalue weighted by Crippen LogP contribution is 2.23. The third-order valence-corrected chi connectivity index (χ3v) is 3.87. The maximum absolute atomic E-state index is 12.3. The monoisotopic (exact) mass is 357 g/mol. The molecule has 0 spiro atoms. The lowest BCUT2D eigenvalue weighted by Crippen LogP contribution is -2.23. The number of nitro benzene ring substituents is 1. The van der Waals surface area contributed by atoms with Crippen molar-refractivity contribution in [3.05, 3.63) is 81.4 Å². The Morgan fingerprint density at radius 2 is 2.08 bits per heavy atom. The number of nitro groups is 1. The van der Waals surface area contributed by atoms with Crippen molar-refractivity contribution in [2.75, 3.05) is 0 Å². The molecule has 0 aliphatic carbocycles. The maximum Gasteiger partial charge on any atom is 0.295 e. The van der Waals surface area contributed by atoms with Crippen LogP contribution in [0.3, 0.4) is 0 Å². The lowest BCUT2D eigenvalue weighted by atomic mass is 10.1. The minimum atomic E-state index is -0.568. The van der Waals surface area contributed by atoms with Crippen molar-refractivity contribution >= 4 is 23.2 Å². The number of benzene rings is 2. The van der Waals surface area contributed by atoms with Gasteiger partial charge in [-0.2, -0.15) is 5.10 Å². The molecule has 0 bridgehead atoms. The van der Waals surface area contributed by atoms with E-state index < -0.39 is 10.8 Å². The molecular weight excluding hydrogens is 346 g/mol. The van der Waals surface area contributed by atoms with Crippen molar-refractivity contribution in [3.63, 3.8) is 0 Å². The van der Waals surface area contributed by atoms with Crippen LogP contribution in [-0.4, -0.2) is 25.6 Å². The van der Waals surface area contributed by atoms with Crippen LogP contribution < -0.4 is 5.32 Å². The van der Waals surface area contributed by atoms with Crippen LogP contribution in [0.1, 0.15) is 15.9 Å². The fourth-order valence-electron chi connectivity index (χ4n) is 2.26. The van der Waals surface area contributed by atoms with E-state index in [4.69, 9.17) is 11.6 Å². The molecule has 3 rings (SSSR count). The number of amides is 1. The molecule has 0 fully saturated rings. The Bertz CT molecular complexity index is 927. The quantitative estimate of drug-likeness (QED) is 0.558. The highest BCUT2D eigenvalue weighted by Gasteiger charge is 2.19. The minimum absolute atomic E-state index is 0.169. The summed E-state index contributed by atoms with van der Waals surface area (Å²) in [5.74, 6) is -0.437. The second kappa shape index (κ2) is 7.10. The molecule has 0 unspecified atom stereocenters. The minimum Gasteiger partial charge on any atom is -0.348 e. The molecule has 1 aromatic heterocycles. The molecular formula is C16H12ClN5O3. The van der Waals surface area contributed by atoms with Gasteiger partial charge in [0.2, 0.25) is 0 Å². The molecule has 0 aliphatic heterocycles. The molecule has 2 aromatic carbocycles. The normalized spacial score (nSPS) is 10.4. The first-order valence-corrected chi connectivity index (χ1v) is 7.59. The van der Waals surface area contributed by atoms with Crippen molar-refractivity contribution in [2.45, 2.75) is 6.54 Å². The number of hydrogen-bond acceptors (Lipinski definition) is 5. The van der Waals surface area contributed by atoms with Crippen molar-refractivity contribution in [1.82, 2.24) is 20.1 Å². The lowest BCUT2D eigenvalue weighted by Gasteiger charge is -2.08. The summed E-state index contributed by atoms with van der Waals surface area (Å²) in [7, 11) is 0. The average Bonchev–Trinajstić information content (AvgIpc) is 3.14. The van der Waals surface area contributed by atoms with E-state index in [2.05, 4.69) is 15.4 Å². The van der Waals surface area contributed by atoms with Gasteiger partial charge in [0.05, 0.1) is 4.92 Å². The molecule has 0 aliphatic rings. The summed E-state index contributed by atoms with van der Waals surface area (Å²) >= 11 is 6.04. The van der Waals surface area contributed by atoms with Crippen LogP contribution in [0.25, 0.3) is 5.69 Å². The van der Waals surface area contributed by atoms with Gasteiger partial charge in [0.15, 0.2) is 0 Å². The number of aromatic nitrogens is 3. The van der Waals surface area contributed by atoms with E-state index in [0.717, 1.165) is 5.56 Å². The zero-order valence-corrected chi connectivity index (χ0v) is 13.6. The molecule has 3 aromatic rings. The largest absolute Gasteiger partial charge is 0.348 e.